The summed E-state index contributed by atoms with van der Waals surface area (Å²) in [6.45, 7) is 3.91. The molecule has 2 rings (SSSR count). The number of ether oxygens (including phenoxy) is 1. The van der Waals surface area contributed by atoms with E-state index in [0.29, 0.717) is 5.88 Å². The van der Waals surface area contributed by atoms with Crippen molar-refractivity contribution in [2.24, 2.45) is 0 Å². The zero-order chi connectivity index (χ0) is 9.26. The molecule has 1 heterocycles. The highest BCUT2D eigenvalue weighted by atomic mass is 16.5. The minimum absolute atomic E-state index is 0.642. The topological polar surface area (TPSA) is 22.1 Å². The third kappa shape index (κ3) is 1.53. The smallest absolute Gasteiger partial charge is 0.216 e. The Kier molecular flexibility index (Phi) is 2.21. The van der Waals surface area contributed by atoms with Crippen molar-refractivity contribution < 1.29 is 4.74 Å². The second-order valence-corrected chi connectivity index (χ2v) is 3.56. The summed E-state index contributed by atoms with van der Waals surface area (Å²) in [4.78, 5) is 4.21. The Bertz CT molecular complexity index is 305. The number of nitrogens with zero attached hydrogens (tertiary/aromatic N) is 1. The molecule has 0 aromatic carbocycles. The molecule has 1 aromatic heterocycles. The molecule has 0 saturated heterocycles. The molecule has 69 valence electrons. The van der Waals surface area contributed by atoms with Gasteiger partial charge in [-0.1, -0.05) is 6.42 Å². The largest absolute Gasteiger partial charge is 0.481 e. The molecule has 1 aliphatic carbocycles. The molecular weight excluding hydrogens is 162 g/mol. The van der Waals surface area contributed by atoms with Gasteiger partial charge in [0.25, 0.3) is 0 Å². The standard InChI is InChI=1S/C11H14NO/c1-8-6-10(9-4-3-5-9)7-12-11(8)13-2/h6-7,9H,1,3-5H2,2H3. The lowest BCUT2D eigenvalue weighted by molar-refractivity contribution is 0.391. The van der Waals surface area contributed by atoms with E-state index in [-0.39, 0.29) is 0 Å². The van der Waals surface area contributed by atoms with Gasteiger partial charge in [-0.25, -0.2) is 4.98 Å². The summed E-state index contributed by atoms with van der Waals surface area (Å²) in [5, 5.41) is 0. The molecular formula is C11H14NO. The Morgan fingerprint density at radius 2 is 2.31 bits per heavy atom. The Labute approximate surface area is 78.9 Å². The van der Waals surface area contributed by atoms with Gasteiger partial charge >= 0.3 is 0 Å². The van der Waals surface area contributed by atoms with Crippen molar-refractivity contribution in [2.75, 3.05) is 7.11 Å². The minimum atomic E-state index is 0.642. The summed E-state index contributed by atoms with van der Waals surface area (Å²) in [7, 11) is 1.63. The normalized spacial score (nSPS) is 16.8. The van der Waals surface area contributed by atoms with Crippen molar-refractivity contribution in [3.05, 3.63) is 30.3 Å². The minimum Gasteiger partial charge on any atom is -0.481 e. The van der Waals surface area contributed by atoms with Crippen LogP contribution in [0.25, 0.3) is 0 Å². The molecule has 0 bridgehead atoms. The molecule has 0 aliphatic heterocycles. The summed E-state index contributed by atoms with van der Waals surface area (Å²) in [6, 6.07) is 2.09. The fourth-order valence-electron chi connectivity index (χ4n) is 1.66. The number of hydrogen-bond acceptors (Lipinski definition) is 2. The van der Waals surface area contributed by atoms with Crippen LogP contribution in [0.2, 0.25) is 0 Å². The van der Waals surface area contributed by atoms with Gasteiger partial charge in [-0.3, -0.25) is 0 Å². The lowest BCUT2D eigenvalue weighted by Gasteiger charge is -2.25. The van der Waals surface area contributed by atoms with E-state index in [4.69, 9.17) is 4.74 Å². The Morgan fingerprint density at radius 3 is 2.77 bits per heavy atom. The summed E-state index contributed by atoms with van der Waals surface area (Å²) in [5.41, 5.74) is 2.21. The van der Waals surface area contributed by atoms with Crippen molar-refractivity contribution in [3.63, 3.8) is 0 Å². The van der Waals surface area contributed by atoms with Crippen LogP contribution < -0.4 is 4.74 Å². The molecule has 1 saturated carbocycles. The lowest BCUT2D eigenvalue weighted by atomic mass is 9.80. The van der Waals surface area contributed by atoms with Gasteiger partial charge in [-0.2, -0.15) is 0 Å². The first-order chi connectivity index (χ1) is 6.31. The van der Waals surface area contributed by atoms with E-state index in [0.717, 1.165) is 11.5 Å². The van der Waals surface area contributed by atoms with E-state index in [2.05, 4.69) is 18.0 Å². The van der Waals surface area contributed by atoms with Gasteiger partial charge in [-0.05, 0) is 37.3 Å². The summed E-state index contributed by atoms with van der Waals surface area (Å²) < 4.78 is 5.06. The molecule has 0 amide bonds. The molecule has 1 radical (unpaired) electrons. The maximum atomic E-state index is 5.06. The maximum absolute atomic E-state index is 5.06. The predicted molar refractivity (Wildman–Crippen MR) is 51.8 cm³/mol. The van der Waals surface area contributed by atoms with Crippen LogP contribution in [0.4, 0.5) is 0 Å². The number of rotatable bonds is 2. The van der Waals surface area contributed by atoms with Crippen LogP contribution in [-0.4, -0.2) is 12.1 Å². The molecule has 13 heavy (non-hydrogen) atoms. The highest BCUT2D eigenvalue weighted by Gasteiger charge is 2.20. The number of methoxy groups -OCH3 is 1. The van der Waals surface area contributed by atoms with Gasteiger partial charge in [0.2, 0.25) is 5.88 Å². The Morgan fingerprint density at radius 1 is 1.54 bits per heavy atom. The van der Waals surface area contributed by atoms with E-state index >= 15 is 0 Å². The van der Waals surface area contributed by atoms with E-state index in [1.165, 1.54) is 24.8 Å². The zero-order valence-electron chi connectivity index (χ0n) is 7.92. The van der Waals surface area contributed by atoms with Gasteiger partial charge in [-0.15, -0.1) is 0 Å². The van der Waals surface area contributed by atoms with Gasteiger partial charge in [0, 0.05) is 11.8 Å². The average molecular weight is 176 g/mol. The molecule has 2 heteroatoms. The molecule has 1 fully saturated rings. The van der Waals surface area contributed by atoms with E-state index in [1.54, 1.807) is 7.11 Å². The van der Waals surface area contributed by atoms with Crippen LogP contribution in [0.3, 0.4) is 0 Å². The fourth-order valence-corrected chi connectivity index (χ4v) is 1.66. The number of aromatic nitrogens is 1. The average Bonchev–Trinajstić information content (AvgIpc) is 2.01. The first-order valence-electron chi connectivity index (χ1n) is 4.67. The van der Waals surface area contributed by atoms with Crippen molar-refractivity contribution >= 4 is 0 Å². The third-order valence-corrected chi connectivity index (χ3v) is 2.72. The van der Waals surface area contributed by atoms with Crippen LogP contribution in [0, 0.1) is 6.92 Å². The van der Waals surface area contributed by atoms with Gasteiger partial charge < -0.3 is 4.74 Å². The Balaban J connectivity index is 2.24. The number of hydrogen-bond donors (Lipinski definition) is 0. The van der Waals surface area contributed by atoms with Crippen molar-refractivity contribution in [2.45, 2.75) is 25.2 Å². The third-order valence-electron chi connectivity index (χ3n) is 2.72. The summed E-state index contributed by atoms with van der Waals surface area (Å²) >= 11 is 0. The highest BCUT2D eigenvalue weighted by molar-refractivity contribution is 5.34. The van der Waals surface area contributed by atoms with E-state index in [9.17, 15) is 0 Å². The SMILES string of the molecule is [CH2]c1cc(C2CCC2)cnc1OC. The first-order valence-corrected chi connectivity index (χ1v) is 4.67. The van der Waals surface area contributed by atoms with E-state index in [1.807, 2.05) is 6.20 Å². The predicted octanol–water partition coefficient (Wildman–Crippen LogP) is 2.54. The van der Waals surface area contributed by atoms with Gasteiger partial charge in [0.15, 0.2) is 0 Å². The van der Waals surface area contributed by atoms with Gasteiger partial charge in [0.05, 0.1) is 7.11 Å². The highest BCUT2D eigenvalue weighted by Crippen LogP contribution is 2.36. The zero-order valence-corrected chi connectivity index (χ0v) is 7.92. The van der Waals surface area contributed by atoms with Crippen LogP contribution >= 0.6 is 0 Å². The summed E-state index contributed by atoms with van der Waals surface area (Å²) in [6.07, 6.45) is 5.86. The fraction of sp³-hybridized carbons (Fsp3) is 0.455. The quantitative estimate of drug-likeness (QED) is 0.690. The second-order valence-electron chi connectivity index (χ2n) is 3.56. The molecule has 0 unspecified atom stereocenters. The Hall–Kier alpha value is -1.05. The monoisotopic (exact) mass is 176 g/mol. The molecule has 0 spiro atoms. The molecule has 2 nitrogen and oxygen atoms in total. The van der Waals surface area contributed by atoms with Crippen LogP contribution in [0.5, 0.6) is 5.88 Å². The molecule has 0 N–H and O–H groups in total. The van der Waals surface area contributed by atoms with Crippen molar-refractivity contribution in [1.82, 2.24) is 4.98 Å². The maximum Gasteiger partial charge on any atom is 0.216 e. The molecule has 0 atom stereocenters. The second kappa shape index (κ2) is 3.36. The van der Waals surface area contributed by atoms with Crippen LogP contribution in [0.15, 0.2) is 12.3 Å². The lowest BCUT2D eigenvalue weighted by Crippen LogP contribution is -2.09. The summed E-state index contributed by atoms with van der Waals surface area (Å²) in [5.74, 6) is 1.36. The van der Waals surface area contributed by atoms with Crippen LogP contribution in [0.1, 0.15) is 36.3 Å². The first kappa shape index (κ1) is 8.54. The van der Waals surface area contributed by atoms with Crippen LogP contribution in [-0.2, 0) is 0 Å². The van der Waals surface area contributed by atoms with Gasteiger partial charge in [0.1, 0.15) is 0 Å². The van der Waals surface area contributed by atoms with Crippen molar-refractivity contribution in [1.29, 1.82) is 0 Å². The molecule has 1 aliphatic rings. The van der Waals surface area contributed by atoms with Crippen molar-refractivity contribution in [3.8, 4) is 5.88 Å². The molecule has 1 aromatic rings. The number of pyridine rings is 1. The van der Waals surface area contributed by atoms with E-state index < -0.39 is 0 Å².